The monoisotopic (exact) mass is 567 g/mol. The fourth-order valence-corrected chi connectivity index (χ4v) is 5.03. The number of aromatic nitrogens is 1. The molecular weight excluding hydrogens is 538 g/mol. The van der Waals surface area contributed by atoms with Crippen LogP contribution in [0.3, 0.4) is 0 Å². The Labute approximate surface area is 240 Å². The predicted molar refractivity (Wildman–Crippen MR) is 170 cm³/mol. The molecule has 0 N–H and O–H groups in total. The molecule has 2 heteroatoms. The zero-order valence-corrected chi connectivity index (χ0v) is 23.8. The van der Waals surface area contributed by atoms with Crippen LogP contribution in [0.2, 0.25) is 0 Å². The number of pyridine rings is 1. The Morgan fingerprint density at radius 2 is 0.718 bits per heavy atom. The van der Waals surface area contributed by atoms with Gasteiger partial charge in [0.25, 0.3) is 0 Å². The molecule has 0 aliphatic carbocycles. The van der Waals surface area contributed by atoms with Crippen LogP contribution in [0.15, 0.2) is 150 Å². The van der Waals surface area contributed by atoms with Crippen LogP contribution >= 0.6 is 15.9 Å². The first-order chi connectivity index (χ1) is 19.2. The Bertz CT molecular complexity index is 1620. The molecule has 0 fully saturated rings. The molecule has 1 nitrogen and oxygen atoms in total. The van der Waals surface area contributed by atoms with Crippen molar-refractivity contribution in [2.45, 2.75) is 13.8 Å². The molecule has 0 amide bonds. The van der Waals surface area contributed by atoms with E-state index >= 15 is 0 Å². The Morgan fingerprint density at radius 1 is 0.359 bits per heavy atom. The normalized spacial score (nSPS) is 10.4. The fraction of sp³-hybridized carbons (Fsp3) is 0.0541. The van der Waals surface area contributed by atoms with Gasteiger partial charge in [-0.3, -0.25) is 0 Å². The minimum Gasteiger partial charge on any atom is -0.248 e. The van der Waals surface area contributed by atoms with Gasteiger partial charge in [0.1, 0.15) is 0 Å². The molecule has 0 spiro atoms. The maximum absolute atomic E-state index is 5.03. The lowest BCUT2D eigenvalue weighted by molar-refractivity contribution is 1.32. The van der Waals surface area contributed by atoms with Crippen molar-refractivity contribution < 1.29 is 0 Å². The van der Waals surface area contributed by atoms with Crippen molar-refractivity contribution in [3.63, 3.8) is 0 Å². The van der Waals surface area contributed by atoms with Gasteiger partial charge >= 0.3 is 0 Å². The second kappa shape index (κ2) is 12.5. The second-order valence-corrected chi connectivity index (χ2v) is 9.95. The quantitative estimate of drug-likeness (QED) is 0.202. The van der Waals surface area contributed by atoms with Gasteiger partial charge in [-0.1, -0.05) is 139 Å². The maximum Gasteiger partial charge on any atom is 0.0715 e. The van der Waals surface area contributed by atoms with Crippen LogP contribution < -0.4 is 0 Å². The number of hydrogen-bond donors (Lipinski definition) is 0. The Morgan fingerprint density at radius 3 is 1.15 bits per heavy atom. The summed E-state index contributed by atoms with van der Waals surface area (Å²) in [5, 5.41) is 0. The van der Waals surface area contributed by atoms with Crippen LogP contribution in [0.4, 0.5) is 0 Å². The van der Waals surface area contributed by atoms with E-state index in [-0.39, 0.29) is 0 Å². The molecule has 0 radical (unpaired) electrons. The standard InChI is InChI=1S/C35H24BrN.C2H6/c36-33-19-9-18-31(22-33)29-16-7-14-27(20-29)28-15-8-17-30(21-28)32-23-34(25-10-3-1-4-11-25)37-35(24-32)26-12-5-2-6-13-26;1-2/h1-24H;1-2H3. The Kier molecular flexibility index (Phi) is 8.45. The van der Waals surface area contributed by atoms with Crippen molar-refractivity contribution in [2.75, 3.05) is 0 Å². The molecule has 0 aliphatic heterocycles. The second-order valence-electron chi connectivity index (χ2n) is 9.03. The molecule has 1 aromatic heterocycles. The van der Waals surface area contributed by atoms with Gasteiger partial charge in [-0.15, -0.1) is 0 Å². The minimum absolute atomic E-state index is 0.971. The summed E-state index contributed by atoms with van der Waals surface area (Å²) in [6.07, 6.45) is 0. The zero-order chi connectivity index (χ0) is 27.0. The highest BCUT2D eigenvalue weighted by atomic mass is 79.9. The molecule has 0 saturated heterocycles. The van der Waals surface area contributed by atoms with E-state index in [0.29, 0.717) is 0 Å². The molecule has 190 valence electrons. The van der Waals surface area contributed by atoms with Crippen molar-refractivity contribution in [2.24, 2.45) is 0 Å². The predicted octanol–water partition coefficient (Wildman–Crippen LogP) is 11.2. The van der Waals surface area contributed by atoms with Crippen molar-refractivity contribution >= 4 is 15.9 Å². The number of nitrogens with zero attached hydrogens (tertiary/aromatic N) is 1. The minimum atomic E-state index is 0.971. The highest BCUT2D eigenvalue weighted by molar-refractivity contribution is 9.10. The average molecular weight is 569 g/mol. The topological polar surface area (TPSA) is 12.9 Å². The summed E-state index contributed by atoms with van der Waals surface area (Å²) in [5.74, 6) is 0. The molecule has 0 unspecified atom stereocenters. The summed E-state index contributed by atoms with van der Waals surface area (Å²) in [4.78, 5) is 5.03. The number of hydrogen-bond acceptors (Lipinski definition) is 1. The van der Waals surface area contributed by atoms with E-state index in [2.05, 4.69) is 149 Å². The van der Waals surface area contributed by atoms with Crippen molar-refractivity contribution in [1.29, 1.82) is 0 Å². The molecule has 6 rings (SSSR count). The van der Waals surface area contributed by atoms with Crippen LogP contribution in [0.5, 0.6) is 0 Å². The lowest BCUT2D eigenvalue weighted by atomic mass is 9.95. The molecule has 6 aromatic rings. The highest BCUT2D eigenvalue weighted by Crippen LogP contribution is 2.33. The van der Waals surface area contributed by atoms with Gasteiger partial charge in [0.2, 0.25) is 0 Å². The van der Waals surface area contributed by atoms with Gasteiger partial charge in [-0.2, -0.15) is 0 Å². The van der Waals surface area contributed by atoms with Crippen molar-refractivity contribution in [3.8, 4) is 55.9 Å². The largest absolute Gasteiger partial charge is 0.248 e. The van der Waals surface area contributed by atoms with E-state index in [9.17, 15) is 0 Å². The van der Waals surface area contributed by atoms with E-state index in [1.54, 1.807) is 0 Å². The number of benzene rings is 5. The molecule has 1 heterocycles. The molecule has 0 aliphatic rings. The Hall–Kier alpha value is -4.27. The van der Waals surface area contributed by atoms with Gasteiger partial charge in [0.05, 0.1) is 11.4 Å². The van der Waals surface area contributed by atoms with E-state index < -0.39 is 0 Å². The van der Waals surface area contributed by atoms with Crippen molar-refractivity contribution in [3.05, 3.63) is 150 Å². The summed E-state index contributed by atoms with van der Waals surface area (Å²) in [7, 11) is 0. The lowest BCUT2D eigenvalue weighted by Gasteiger charge is -2.12. The Balaban J connectivity index is 0.00000151. The van der Waals surface area contributed by atoms with Gasteiger partial charge in [-0.25, -0.2) is 4.98 Å². The van der Waals surface area contributed by atoms with E-state index in [1.807, 2.05) is 26.0 Å². The maximum atomic E-state index is 5.03. The fourth-order valence-electron chi connectivity index (χ4n) is 4.64. The highest BCUT2D eigenvalue weighted by Gasteiger charge is 2.10. The van der Waals surface area contributed by atoms with Gasteiger partial charge < -0.3 is 0 Å². The van der Waals surface area contributed by atoms with E-state index in [4.69, 9.17) is 4.98 Å². The van der Waals surface area contributed by atoms with Crippen molar-refractivity contribution in [1.82, 2.24) is 4.98 Å². The number of halogens is 1. The molecule has 39 heavy (non-hydrogen) atoms. The summed E-state index contributed by atoms with van der Waals surface area (Å²) in [6.45, 7) is 4.00. The SMILES string of the molecule is Brc1cccc(-c2cccc(-c3cccc(-c4cc(-c5ccccc5)nc(-c5ccccc5)c4)c3)c2)c1.CC. The summed E-state index contributed by atoms with van der Waals surface area (Å²) in [5.41, 5.74) is 11.3. The zero-order valence-electron chi connectivity index (χ0n) is 22.2. The molecule has 5 aromatic carbocycles. The summed E-state index contributed by atoms with van der Waals surface area (Å²) >= 11 is 3.60. The van der Waals surface area contributed by atoms with Crippen LogP contribution in [-0.4, -0.2) is 4.98 Å². The van der Waals surface area contributed by atoms with Gasteiger partial charge in [0.15, 0.2) is 0 Å². The van der Waals surface area contributed by atoms with Crippen LogP contribution in [0.1, 0.15) is 13.8 Å². The van der Waals surface area contributed by atoms with Crippen LogP contribution in [0, 0.1) is 0 Å². The first-order valence-corrected chi connectivity index (χ1v) is 14.1. The molecule has 0 saturated carbocycles. The van der Waals surface area contributed by atoms with Gasteiger partial charge in [-0.05, 0) is 69.8 Å². The first kappa shape index (κ1) is 26.3. The van der Waals surface area contributed by atoms with E-state index in [1.165, 1.54) is 27.8 Å². The molecule has 0 atom stereocenters. The third-order valence-electron chi connectivity index (χ3n) is 6.51. The molecule has 0 bridgehead atoms. The molecular formula is C37H30BrN. The van der Waals surface area contributed by atoms with Crippen LogP contribution in [0.25, 0.3) is 55.9 Å². The van der Waals surface area contributed by atoms with Crippen LogP contribution in [-0.2, 0) is 0 Å². The third-order valence-corrected chi connectivity index (χ3v) is 7.01. The lowest BCUT2D eigenvalue weighted by Crippen LogP contribution is -1.91. The van der Waals surface area contributed by atoms with E-state index in [0.717, 1.165) is 32.6 Å². The summed E-state index contributed by atoms with van der Waals surface area (Å²) < 4.78 is 1.08. The third kappa shape index (κ3) is 6.25. The number of rotatable bonds is 5. The van der Waals surface area contributed by atoms with Gasteiger partial charge in [0, 0.05) is 15.6 Å². The first-order valence-electron chi connectivity index (χ1n) is 13.3. The smallest absolute Gasteiger partial charge is 0.0715 e. The summed E-state index contributed by atoms with van der Waals surface area (Å²) in [6, 6.07) is 51.1. The average Bonchev–Trinajstić information content (AvgIpc) is 3.03.